The third-order valence-corrected chi connectivity index (χ3v) is 4.52. The Bertz CT molecular complexity index is 710. The van der Waals surface area contributed by atoms with Crippen LogP contribution in [0.3, 0.4) is 0 Å². The van der Waals surface area contributed by atoms with Crippen LogP contribution in [0.1, 0.15) is 28.5 Å². The summed E-state index contributed by atoms with van der Waals surface area (Å²) in [5.41, 5.74) is 0.630. The van der Waals surface area contributed by atoms with Crippen molar-refractivity contribution in [1.82, 2.24) is 24.8 Å². The van der Waals surface area contributed by atoms with Crippen molar-refractivity contribution in [2.75, 3.05) is 13.1 Å². The van der Waals surface area contributed by atoms with Crippen LogP contribution in [0.25, 0.3) is 0 Å². The van der Waals surface area contributed by atoms with Crippen LogP contribution >= 0.6 is 0 Å². The molecule has 0 saturated carbocycles. The van der Waals surface area contributed by atoms with Gasteiger partial charge in [0.05, 0.1) is 30.4 Å². The molecule has 0 N–H and O–H groups in total. The van der Waals surface area contributed by atoms with Crippen LogP contribution in [-0.4, -0.2) is 56.0 Å². The zero-order chi connectivity index (χ0) is 16.0. The molecule has 23 heavy (non-hydrogen) atoms. The fourth-order valence-corrected chi connectivity index (χ4v) is 3.49. The molecule has 2 aromatic rings. The monoisotopic (exact) mass is 317 g/mol. The Kier molecular flexibility index (Phi) is 3.41. The Balaban J connectivity index is 1.35. The second-order valence-corrected chi connectivity index (χ2v) is 6.34. The summed E-state index contributed by atoms with van der Waals surface area (Å²) < 4.78 is 12.9. The summed E-state index contributed by atoms with van der Waals surface area (Å²) in [5.74, 6) is 1.67. The zero-order valence-electron chi connectivity index (χ0n) is 13.2. The van der Waals surface area contributed by atoms with Gasteiger partial charge in [-0.3, -0.25) is 9.48 Å². The Morgan fingerprint density at radius 3 is 2.96 bits per heavy atom. The summed E-state index contributed by atoms with van der Waals surface area (Å²) in [6.07, 6.45) is 5.12. The van der Waals surface area contributed by atoms with Gasteiger partial charge in [-0.05, 0) is 13.3 Å². The number of likely N-dealkylation sites (tertiary alicyclic amines) is 1. The average molecular weight is 317 g/mol. The minimum Gasteiger partial charge on any atom is -0.372 e. The molecular formula is C15H19N5O3. The van der Waals surface area contributed by atoms with Gasteiger partial charge in [0.25, 0.3) is 5.91 Å². The van der Waals surface area contributed by atoms with Gasteiger partial charge in [-0.15, -0.1) is 0 Å². The Morgan fingerprint density at radius 2 is 2.30 bits per heavy atom. The van der Waals surface area contributed by atoms with E-state index in [-0.39, 0.29) is 18.1 Å². The van der Waals surface area contributed by atoms with E-state index in [4.69, 9.17) is 9.26 Å². The van der Waals surface area contributed by atoms with Crippen LogP contribution in [0, 0.1) is 12.8 Å². The summed E-state index contributed by atoms with van der Waals surface area (Å²) in [6.45, 7) is 3.18. The van der Waals surface area contributed by atoms with Crippen LogP contribution in [0.4, 0.5) is 0 Å². The van der Waals surface area contributed by atoms with Gasteiger partial charge < -0.3 is 14.2 Å². The fourth-order valence-electron chi connectivity index (χ4n) is 3.49. The lowest BCUT2D eigenvalue weighted by Crippen LogP contribution is -2.31. The number of aromatic nitrogens is 4. The first-order chi connectivity index (χ1) is 11.1. The van der Waals surface area contributed by atoms with Crippen LogP contribution in [0.2, 0.25) is 0 Å². The van der Waals surface area contributed by atoms with E-state index in [2.05, 4.69) is 15.2 Å². The molecule has 2 saturated heterocycles. The number of hydrogen-bond donors (Lipinski definition) is 0. The standard InChI is InChI=1S/C15H19N5O3/c1-9-17-14(23-18-9)4-12-3-10-7-20(8-13(10)22-12)15(21)11-5-16-19(2)6-11/h5-6,10,12-13H,3-4,7-8H2,1-2H3/t10-,12+,13+/m0/s1. The molecule has 0 unspecified atom stereocenters. The number of carbonyl (C=O) groups is 1. The van der Waals surface area contributed by atoms with Crippen LogP contribution in [0.15, 0.2) is 16.9 Å². The highest BCUT2D eigenvalue weighted by atomic mass is 16.5. The van der Waals surface area contributed by atoms with Crippen LogP contribution in [-0.2, 0) is 18.2 Å². The Labute approximate surface area is 133 Å². The molecule has 0 bridgehead atoms. The lowest BCUT2D eigenvalue weighted by Gasteiger charge is -2.18. The van der Waals surface area contributed by atoms with Crippen molar-refractivity contribution in [2.24, 2.45) is 13.0 Å². The molecule has 4 heterocycles. The van der Waals surface area contributed by atoms with Gasteiger partial charge >= 0.3 is 0 Å². The van der Waals surface area contributed by atoms with Gasteiger partial charge in [-0.25, -0.2) is 0 Å². The largest absolute Gasteiger partial charge is 0.372 e. The van der Waals surface area contributed by atoms with Crippen LogP contribution in [0.5, 0.6) is 0 Å². The number of aryl methyl sites for hydroxylation is 2. The molecule has 8 heteroatoms. The Hall–Kier alpha value is -2.22. The number of nitrogens with zero attached hydrogens (tertiary/aromatic N) is 5. The second-order valence-electron chi connectivity index (χ2n) is 6.34. The molecule has 1 amide bonds. The van der Waals surface area contributed by atoms with Crippen molar-refractivity contribution in [3.63, 3.8) is 0 Å². The topological polar surface area (TPSA) is 86.3 Å². The molecule has 3 atom stereocenters. The van der Waals surface area contributed by atoms with E-state index >= 15 is 0 Å². The van der Waals surface area contributed by atoms with E-state index in [1.165, 1.54) is 0 Å². The molecule has 0 aliphatic carbocycles. The van der Waals surface area contributed by atoms with Crippen molar-refractivity contribution >= 4 is 5.91 Å². The van der Waals surface area contributed by atoms with Gasteiger partial charge in [0.1, 0.15) is 0 Å². The van der Waals surface area contributed by atoms with E-state index in [0.717, 1.165) is 13.0 Å². The first-order valence-electron chi connectivity index (χ1n) is 7.81. The van der Waals surface area contributed by atoms with E-state index in [1.807, 2.05) is 11.9 Å². The van der Waals surface area contributed by atoms with Gasteiger partial charge in [0.15, 0.2) is 5.82 Å². The van der Waals surface area contributed by atoms with Gasteiger partial charge in [-0.2, -0.15) is 10.1 Å². The highest BCUT2D eigenvalue weighted by molar-refractivity contribution is 5.94. The molecule has 2 fully saturated rings. The van der Waals surface area contributed by atoms with Crippen molar-refractivity contribution in [3.05, 3.63) is 29.7 Å². The van der Waals surface area contributed by atoms with E-state index in [0.29, 0.717) is 36.2 Å². The number of hydrogen-bond acceptors (Lipinski definition) is 6. The number of amides is 1. The summed E-state index contributed by atoms with van der Waals surface area (Å²) in [4.78, 5) is 18.5. The second kappa shape index (κ2) is 5.45. The van der Waals surface area contributed by atoms with Gasteiger partial charge in [0.2, 0.25) is 5.89 Å². The van der Waals surface area contributed by atoms with Crippen LogP contribution < -0.4 is 0 Å². The number of fused-ring (bicyclic) bond motifs is 1. The maximum atomic E-state index is 12.5. The van der Waals surface area contributed by atoms with Crippen molar-refractivity contribution in [2.45, 2.75) is 32.0 Å². The smallest absolute Gasteiger partial charge is 0.257 e. The summed E-state index contributed by atoms with van der Waals surface area (Å²) in [7, 11) is 1.81. The summed E-state index contributed by atoms with van der Waals surface area (Å²) >= 11 is 0. The minimum atomic E-state index is 0.0279. The molecule has 0 spiro atoms. The summed E-state index contributed by atoms with van der Waals surface area (Å²) in [6, 6.07) is 0. The van der Waals surface area contributed by atoms with Crippen molar-refractivity contribution in [1.29, 1.82) is 0 Å². The third-order valence-electron chi connectivity index (χ3n) is 4.52. The third kappa shape index (κ3) is 2.74. The lowest BCUT2D eigenvalue weighted by atomic mass is 10.0. The maximum Gasteiger partial charge on any atom is 0.257 e. The van der Waals surface area contributed by atoms with E-state index in [1.54, 1.807) is 24.0 Å². The highest BCUT2D eigenvalue weighted by Gasteiger charge is 2.44. The molecule has 8 nitrogen and oxygen atoms in total. The molecular weight excluding hydrogens is 298 g/mol. The zero-order valence-corrected chi connectivity index (χ0v) is 13.2. The Morgan fingerprint density at radius 1 is 1.43 bits per heavy atom. The van der Waals surface area contributed by atoms with Crippen molar-refractivity contribution in [3.8, 4) is 0 Å². The van der Waals surface area contributed by atoms with E-state index in [9.17, 15) is 4.79 Å². The SMILES string of the molecule is Cc1noc(C[C@H]2C[C@H]3CN(C(=O)c4cnn(C)c4)C[C@H]3O2)n1. The maximum absolute atomic E-state index is 12.5. The molecule has 2 aromatic heterocycles. The molecule has 0 radical (unpaired) electrons. The minimum absolute atomic E-state index is 0.0279. The quantitative estimate of drug-likeness (QED) is 0.823. The number of carbonyl (C=O) groups excluding carboxylic acids is 1. The average Bonchev–Trinajstić information content (AvgIpc) is 3.23. The molecule has 2 aliphatic heterocycles. The van der Waals surface area contributed by atoms with Gasteiger partial charge in [0, 0.05) is 32.3 Å². The lowest BCUT2D eigenvalue weighted by molar-refractivity contribution is 0.0330. The fraction of sp³-hybridized carbons (Fsp3) is 0.600. The first kappa shape index (κ1) is 14.4. The normalized spacial score (nSPS) is 26.7. The molecule has 4 rings (SSSR count). The first-order valence-corrected chi connectivity index (χ1v) is 7.81. The molecule has 0 aromatic carbocycles. The van der Waals surface area contributed by atoms with Gasteiger partial charge in [-0.1, -0.05) is 5.16 Å². The molecule has 2 aliphatic rings. The highest BCUT2D eigenvalue weighted by Crippen LogP contribution is 2.34. The van der Waals surface area contributed by atoms with Crippen molar-refractivity contribution < 1.29 is 14.1 Å². The summed E-state index contributed by atoms with van der Waals surface area (Å²) in [5, 5.41) is 7.86. The molecule has 122 valence electrons. The van der Waals surface area contributed by atoms with E-state index < -0.39 is 0 Å². The number of ether oxygens (including phenoxy) is 1. The number of rotatable bonds is 3. The predicted molar refractivity (Wildman–Crippen MR) is 78.6 cm³/mol. The predicted octanol–water partition coefficient (Wildman–Crippen LogP) is 0.584.